The number of rotatable bonds is 3. The number of ether oxygens (including phenoxy) is 2. The van der Waals surface area contributed by atoms with E-state index in [0.717, 1.165) is 6.42 Å². The molecule has 0 amide bonds. The maximum atomic E-state index is 13.7. The maximum Gasteiger partial charge on any atom is 0.129 e. The van der Waals surface area contributed by atoms with Gasteiger partial charge in [-0.2, -0.15) is 0 Å². The van der Waals surface area contributed by atoms with Crippen LogP contribution in [-0.4, -0.2) is 36.6 Å². The fourth-order valence-electron chi connectivity index (χ4n) is 3.36. The van der Waals surface area contributed by atoms with E-state index >= 15 is 0 Å². The predicted octanol–water partition coefficient (Wildman–Crippen LogP) is 2.45. The van der Waals surface area contributed by atoms with Gasteiger partial charge in [0.15, 0.2) is 0 Å². The molecule has 0 aliphatic carbocycles. The first-order valence-corrected chi connectivity index (χ1v) is 7.42. The zero-order valence-corrected chi connectivity index (χ0v) is 11.9. The topological polar surface area (TPSA) is 38.7 Å². The molecule has 1 aromatic rings. The normalized spacial score (nSPS) is 30.7. The van der Waals surface area contributed by atoms with E-state index in [2.05, 4.69) is 0 Å². The number of hydrogen-bond acceptors (Lipinski definition) is 3. The molecule has 2 fully saturated rings. The molecule has 2 saturated heterocycles. The highest BCUT2D eigenvalue weighted by molar-refractivity contribution is 5.20. The van der Waals surface area contributed by atoms with Gasteiger partial charge in [0.2, 0.25) is 0 Å². The molecule has 3 unspecified atom stereocenters. The number of halogens is 2. The van der Waals surface area contributed by atoms with Crippen molar-refractivity contribution in [2.75, 3.05) is 19.8 Å². The summed E-state index contributed by atoms with van der Waals surface area (Å²) in [5.41, 5.74) is -0.342. The van der Waals surface area contributed by atoms with Crippen LogP contribution in [0.1, 0.15) is 24.8 Å². The van der Waals surface area contributed by atoms with Crippen molar-refractivity contribution in [1.82, 2.24) is 0 Å². The molecule has 1 spiro atoms. The molecule has 2 aliphatic rings. The molecular formula is C16H20F2O3. The summed E-state index contributed by atoms with van der Waals surface area (Å²) in [5, 5.41) is 10.4. The second-order valence-electron chi connectivity index (χ2n) is 6.06. The van der Waals surface area contributed by atoms with E-state index in [1.165, 1.54) is 18.2 Å². The Hall–Kier alpha value is -1.04. The van der Waals surface area contributed by atoms with Gasteiger partial charge in [-0.1, -0.05) is 6.07 Å². The fraction of sp³-hybridized carbons (Fsp3) is 0.625. The van der Waals surface area contributed by atoms with Crippen molar-refractivity contribution in [1.29, 1.82) is 0 Å². The van der Waals surface area contributed by atoms with Crippen molar-refractivity contribution in [3.05, 3.63) is 35.4 Å². The lowest BCUT2D eigenvalue weighted by Gasteiger charge is -2.39. The van der Waals surface area contributed by atoms with Gasteiger partial charge in [-0.05, 0) is 30.9 Å². The van der Waals surface area contributed by atoms with Crippen molar-refractivity contribution in [3.63, 3.8) is 0 Å². The molecule has 1 N–H and O–H groups in total. The summed E-state index contributed by atoms with van der Waals surface area (Å²) >= 11 is 0. The molecule has 2 heterocycles. The summed E-state index contributed by atoms with van der Waals surface area (Å²) in [6.45, 7) is 1.78. The monoisotopic (exact) mass is 298 g/mol. The third-order valence-corrected chi connectivity index (χ3v) is 4.62. The average Bonchev–Trinajstić information content (AvgIpc) is 2.91. The van der Waals surface area contributed by atoms with Crippen molar-refractivity contribution < 1.29 is 23.4 Å². The van der Waals surface area contributed by atoms with Gasteiger partial charge in [0, 0.05) is 31.6 Å². The second-order valence-corrected chi connectivity index (χ2v) is 6.06. The molecule has 0 aromatic heterocycles. The standard InChI is InChI=1S/C16H20F2O3/c17-13-2-1-3-14(18)12(13)8-15(19)11-4-6-21-16(9-11)5-7-20-10-16/h1-3,11,15,19H,4-10H2. The first kappa shape index (κ1) is 14.9. The number of aliphatic hydroxyl groups is 1. The van der Waals surface area contributed by atoms with Crippen LogP contribution in [0.3, 0.4) is 0 Å². The van der Waals surface area contributed by atoms with E-state index in [1.807, 2.05) is 0 Å². The van der Waals surface area contributed by atoms with Crippen LogP contribution < -0.4 is 0 Å². The first-order valence-electron chi connectivity index (χ1n) is 7.42. The lowest BCUT2D eigenvalue weighted by Crippen LogP contribution is -2.44. The van der Waals surface area contributed by atoms with Gasteiger partial charge in [0.1, 0.15) is 11.6 Å². The Morgan fingerprint density at radius 3 is 2.71 bits per heavy atom. The summed E-state index contributed by atoms with van der Waals surface area (Å²) < 4.78 is 38.6. The molecule has 116 valence electrons. The largest absolute Gasteiger partial charge is 0.392 e. The Bertz CT molecular complexity index is 480. The minimum Gasteiger partial charge on any atom is -0.392 e. The van der Waals surface area contributed by atoms with Gasteiger partial charge in [-0.3, -0.25) is 0 Å². The van der Waals surface area contributed by atoms with Crippen LogP contribution in [0.15, 0.2) is 18.2 Å². The van der Waals surface area contributed by atoms with Crippen LogP contribution in [0, 0.1) is 17.6 Å². The molecule has 0 radical (unpaired) electrons. The molecule has 3 nitrogen and oxygen atoms in total. The van der Waals surface area contributed by atoms with E-state index in [4.69, 9.17) is 9.47 Å². The third kappa shape index (κ3) is 3.10. The van der Waals surface area contributed by atoms with Gasteiger partial charge in [0.25, 0.3) is 0 Å². The van der Waals surface area contributed by atoms with Crippen LogP contribution in [0.2, 0.25) is 0 Å². The Labute approximate surface area is 122 Å². The summed E-state index contributed by atoms with van der Waals surface area (Å²) in [6, 6.07) is 3.78. The molecule has 1 aromatic carbocycles. The van der Waals surface area contributed by atoms with Gasteiger partial charge < -0.3 is 14.6 Å². The highest BCUT2D eigenvalue weighted by atomic mass is 19.1. The van der Waals surface area contributed by atoms with Gasteiger partial charge in [-0.25, -0.2) is 8.78 Å². The summed E-state index contributed by atoms with van der Waals surface area (Å²) in [5.74, 6) is -1.21. The molecule has 3 atom stereocenters. The van der Waals surface area contributed by atoms with E-state index in [9.17, 15) is 13.9 Å². The lowest BCUT2D eigenvalue weighted by atomic mass is 9.80. The van der Waals surface area contributed by atoms with Crippen LogP contribution >= 0.6 is 0 Å². The van der Waals surface area contributed by atoms with E-state index in [-0.39, 0.29) is 23.5 Å². The molecule has 21 heavy (non-hydrogen) atoms. The Morgan fingerprint density at radius 1 is 1.29 bits per heavy atom. The predicted molar refractivity (Wildman–Crippen MR) is 72.9 cm³/mol. The van der Waals surface area contributed by atoms with Crippen molar-refractivity contribution >= 4 is 0 Å². The maximum absolute atomic E-state index is 13.7. The highest BCUT2D eigenvalue weighted by Gasteiger charge is 2.42. The van der Waals surface area contributed by atoms with Crippen molar-refractivity contribution in [2.24, 2.45) is 5.92 Å². The van der Waals surface area contributed by atoms with E-state index in [1.54, 1.807) is 0 Å². The molecular weight excluding hydrogens is 278 g/mol. The second kappa shape index (κ2) is 5.99. The van der Waals surface area contributed by atoms with Crippen LogP contribution in [0.5, 0.6) is 0 Å². The van der Waals surface area contributed by atoms with Crippen LogP contribution in [0.25, 0.3) is 0 Å². The van der Waals surface area contributed by atoms with Crippen molar-refractivity contribution in [2.45, 2.75) is 37.4 Å². The number of aliphatic hydroxyl groups excluding tert-OH is 1. The molecule has 2 aliphatic heterocycles. The number of hydrogen-bond donors (Lipinski definition) is 1. The summed E-state index contributed by atoms with van der Waals surface area (Å²) in [7, 11) is 0. The third-order valence-electron chi connectivity index (χ3n) is 4.62. The van der Waals surface area contributed by atoms with E-state index in [0.29, 0.717) is 32.7 Å². The number of benzene rings is 1. The minimum absolute atomic E-state index is 0.000110. The zero-order chi connectivity index (χ0) is 14.9. The van der Waals surface area contributed by atoms with Crippen LogP contribution in [0.4, 0.5) is 8.78 Å². The van der Waals surface area contributed by atoms with E-state index < -0.39 is 17.7 Å². The smallest absolute Gasteiger partial charge is 0.129 e. The van der Waals surface area contributed by atoms with Gasteiger partial charge in [-0.15, -0.1) is 0 Å². The Kier molecular flexibility index (Phi) is 4.24. The Balaban J connectivity index is 1.69. The highest BCUT2D eigenvalue weighted by Crippen LogP contribution is 2.37. The van der Waals surface area contributed by atoms with Gasteiger partial charge >= 0.3 is 0 Å². The van der Waals surface area contributed by atoms with Crippen molar-refractivity contribution in [3.8, 4) is 0 Å². The first-order chi connectivity index (χ1) is 10.1. The SMILES string of the molecule is OC(Cc1c(F)cccc1F)C1CCOC2(CCOC2)C1. The molecule has 3 rings (SSSR count). The lowest BCUT2D eigenvalue weighted by molar-refractivity contribution is -0.116. The average molecular weight is 298 g/mol. The fourth-order valence-corrected chi connectivity index (χ4v) is 3.36. The molecule has 5 heteroatoms. The summed E-state index contributed by atoms with van der Waals surface area (Å²) in [6.07, 6.45) is 1.45. The minimum atomic E-state index is -0.766. The molecule has 0 bridgehead atoms. The van der Waals surface area contributed by atoms with Gasteiger partial charge in [0.05, 0.1) is 18.3 Å². The Morgan fingerprint density at radius 2 is 2.05 bits per heavy atom. The quantitative estimate of drug-likeness (QED) is 0.931. The molecule has 0 saturated carbocycles. The van der Waals surface area contributed by atoms with Crippen LogP contribution in [-0.2, 0) is 15.9 Å². The summed E-state index contributed by atoms with van der Waals surface area (Å²) in [4.78, 5) is 0. The zero-order valence-electron chi connectivity index (χ0n) is 11.9.